The van der Waals surface area contributed by atoms with Crippen LogP contribution in [0.5, 0.6) is 0 Å². The van der Waals surface area contributed by atoms with Gasteiger partial charge >= 0.3 is 12.0 Å². The monoisotopic (exact) mass is 286 g/mol. The van der Waals surface area contributed by atoms with Crippen molar-refractivity contribution in [2.45, 2.75) is 38.3 Å². The first-order valence-corrected chi connectivity index (χ1v) is 6.99. The molecule has 0 aromatic carbocycles. The number of amides is 2. The SMILES string of the molecule is CC1COC(CO)CN1C(=O)NCC1(C(=O)O)CCC1. The van der Waals surface area contributed by atoms with Gasteiger partial charge in [0.15, 0.2) is 0 Å². The maximum Gasteiger partial charge on any atom is 0.317 e. The average molecular weight is 286 g/mol. The van der Waals surface area contributed by atoms with Gasteiger partial charge in [-0.2, -0.15) is 0 Å². The zero-order valence-electron chi connectivity index (χ0n) is 11.7. The van der Waals surface area contributed by atoms with E-state index in [0.717, 1.165) is 6.42 Å². The van der Waals surface area contributed by atoms with Crippen LogP contribution in [-0.4, -0.2) is 65.6 Å². The third kappa shape index (κ3) is 2.88. The number of carbonyl (C=O) groups excluding carboxylic acids is 1. The number of hydrogen-bond donors (Lipinski definition) is 3. The van der Waals surface area contributed by atoms with Crippen LogP contribution in [0, 0.1) is 5.41 Å². The summed E-state index contributed by atoms with van der Waals surface area (Å²) in [5.74, 6) is -0.840. The van der Waals surface area contributed by atoms with Crippen LogP contribution in [0.3, 0.4) is 0 Å². The number of rotatable bonds is 4. The number of carboxylic acids is 1. The Morgan fingerprint density at radius 2 is 2.15 bits per heavy atom. The van der Waals surface area contributed by atoms with Crippen LogP contribution in [-0.2, 0) is 9.53 Å². The standard InChI is InChI=1S/C13H22N2O5/c1-9-7-20-10(6-16)5-15(9)12(19)14-8-13(11(17)18)3-2-4-13/h9-10,16H,2-8H2,1H3,(H,14,19)(H,17,18). The van der Waals surface area contributed by atoms with Gasteiger partial charge in [-0.25, -0.2) is 4.79 Å². The molecule has 2 amide bonds. The van der Waals surface area contributed by atoms with Crippen LogP contribution in [0.4, 0.5) is 4.79 Å². The van der Waals surface area contributed by atoms with Gasteiger partial charge in [0, 0.05) is 6.54 Å². The van der Waals surface area contributed by atoms with E-state index in [1.165, 1.54) is 0 Å². The highest BCUT2D eigenvalue weighted by Crippen LogP contribution is 2.40. The third-order valence-electron chi connectivity index (χ3n) is 4.31. The lowest BCUT2D eigenvalue weighted by atomic mass is 9.69. The molecule has 2 fully saturated rings. The van der Waals surface area contributed by atoms with Crippen molar-refractivity contribution >= 4 is 12.0 Å². The van der Waals surface area contributed by atoms with Crippen molar-refractivity contribution in [2.75, 3.05) is 26.3 Å². The molecule has 2 atom stereocenters. The van der Waals surface area contributed by atoms with Crippen molar-refractivity contribution in [3.05, 3.63) is 0 Å². The second kappa shape index (κ2) is 5.97. The van der Waals surface area contributed by atoms with Gasteiger partial charge in [-0.15, -0.1) is 0 Å². The Bertz CT molecular complexity index is 383. The molecule has 114 valence electrons. The first kappa shape index (κ1) is 15.1. The van der Waals surface area contributed by atoms with E-state index in [2.05, 4.69) is 5.32 Å². The van der Waals surface area contributed by atoms with E-state index in [0.29, 0.717) is 26.0 Å². The van der Waals surface area contributed by atoms with E-state index in [9.17, 15) is 14.7 Å². The molecule has 1 aliphatic heterocycles. The maximum absolute atomic E-state index is 12.2. The van der Waals surface area contributed by atoms with Gasteiger partial charge in [0.2, 0.25) is 0 Å². The summed E-state index contributed by atoms with van der Waals surface area (Å²) in [6.07, 6.45) is 1.75. The highest BCUT2D eigenvalue weighted by atomic mass is 16.5. The lowest BCUT2D eigenvalue weighted by Gasteiger charge is -2.40. The molecule has 0 aromatic rings. The third-order valence-corrected chi connectivity index (χ3v) is 4.31. The number of hydrogen-bond acceptors (Lipinski definition) is 4. The molecule has 7 nitrogen and oxygen atoms in total. The van der Waals surface area contributed by atoms with Crippen LogP contribution in [0.1, 0.15) is 26.2 Å². The summed E-state index contributed by atoms with van der Waals surface area (Å²) >= 11 is 0. The lowest BCUT2D eigenvalue weighted by Crippen LogP contribution is -2.57. The highest BCUT2D eigenvalue weighted by Gasteiger charge is 2.45. The molecular formula is C13H22N2O5. The van der Waals surface area contributed by atoms with Crippen molar-refractivity contribution in [2.24, 2.45) is 5.41 Å². The lowest BCUT2D eigenvalue weighted by molar-refractivity contribution is -0.153. The van der Waals surface area contributed by atoms with Gasteiger partial charge < -0.3 is 25.2 Å². The number of carbonyl (C=O) groups is 2. The first-order chi connectivity index (χ1) is 9.48. The van der Waals surface area contributed by atoms with Crippen LogP contribution < -0.4 is 5.32 Å². The molecule has 0 spiro atoms. The molecule has 0 aromatic heterocycles. The Morgan fingerprint density at radius 3 is 2.65 bits per heavy atom. The first-order valence-electron chi connectivity index (χ1n) is 6.99. The number of morpholine rings is 1. The van der Waals surface area contributed by atoms with E-state index >= 15 is 0 Å². The predicted molar refractivity (Wildman–Crippen MR) is 70.3 cm³/mol. The molecule has 0 bridgehead atoms. The van der Waals surface area contributed by atoms with Gasteiger partial charge in [0.25, 0.3) is 0 Å². The molecule has 2 aliphatic rings. The Balaban J connectivity index is 1.89. The Kier molecular flexibility index (Phi) is 4.49. The topological polar surface area (TPSA) is 99.1 Å². The van der Waals surface area contributed by atoms with E-state index < -0.39 is 11.4 Å². The van der Waals surface area contributed by atoms with Crippen LogP contribution in [0.2, 0.25) is 0 Å². The van der Waals surface area contributed by atoms with Gasteiger partial charge in [0.1, 0.15) is 0 Å². The summed E-state index contributed by atoms with van der Waals surface area (Å²) in [5.41, 5.74) is -0.790. The Labute approximate surface area is 117 Å². The second-order valence-electron chi connectivity index (χ2n) is 5.74. The average Bonchev–Trinajstić information content (AvgIpc) is 2.37. The second-order valence-corrected chi connectivity index (χ2v) is 5.74. The molecule has 3 N–H and O–H groups in total. The summed E-state index contributed by atoms with van der Waals surface area (Å²) in [6.45, 7) is 2.60. The van der Waals surface area contributed by atoms with Crippen LogP contribution in [0.25, 0.3) is 0 Å². The minimum atomic E-state index is -0.840. The van der Waals surface area contributed by atoms with Crippen molar-refractivity contribution in [1.29, 1.82) is 0 Å². The summed E-state index contributed by atoms with van der Waals surface area (Å²) in [7, 11) is 0. The molecule has 20 heavy (non-hydrogen) atoms. The number of carboxylic acid groups (broad SMARTS) is 1. The number of aliphatic hydroxyl groups is 1. The molecule has 1 saturated carbocycles. The minimum Gasteiger partial charge on any atom is -0.481 e. The highest BCUT2D eigenvalue weighted by molar-refractivity contribution is 5.79. The predicted octanol–water partition coefficient (Wildman–Crippen LogP) is 0.0325. The number of aliphatic carboxylic acids is 1. The van der Waals surface area contributed by atoms with Gasteiger partial charge in [0.05, 0.1) is 37.3 Å². The number of urea groups is 1. The zero-order chi connectivity index (χ0) is 14.8. The largest absolute Gasteiger partial charge is 0.481 e. The summed E-state index contributed by atoms with van der Waals surface area (Å²) < 4.78 is 5.37. The number of nitrogens with zero attached hydrogens (tertiary/aromatic N) is 1. The zero-order valence-corrected chi connectivity index (χ0v) is 11.7. The van der Waals surface area contributed by atoms with E-state index in [1.54, 1.807) is 4.90 Å². The molecule has 2 unspecified atom stereocenters. The number of nitrogens with one attached hydrogen (secondary N) is 1. The van der Waals surface area contributed by atoms with Gasteiger partial charge in [-0.3, -0.25) is 4.79 Å². The summed E-state index contributed by atoms with van der Waals surface area (Å²) in [6, 6.07) is -0.369. The summed E-state index contributed by atoms with van der Waals surface area (Å²) in [5, 5.41) is 21.0. The quantitative estimate of drug-likeness (QED) is 0.677. The Hall–Kier alpha value is -1.34. The molecule has 1 saturated heterocycles. The van der Waals surface area contributed by atoms with Crippen molar-refractivity contribution in [1.82, 2.24) is 10.2 Å². The van der Waals surface area contributed by atoms with Crippen LogP contribution in [0.15, 0.2) is 0 Å². The van der Waals surface area contributed by atoms with Crippen molar-refractivity contribution in [3.8, 4) is 0 Å². The maximum atomic E-state index is 12.2. The van der Waals surface area contributed by atoms with Gasteiger partial charge in [-0.1, -0.05) is 6.42 Å². The molecular weight excluding hydrogens is 264 g/mol. The van der Waals surface area contributed by atoms with Crippen LogP contribution >= 0.6 is 0 Å². The van der Waals surface area contributed by atoms with Gasteiger partial charge in [-0.05, 0) is 19.8 Å². The number of ether oxygens (including phenoxy) is 1. The molecule has 2 rings (SSSR count). The fourth-order valence-electron chi connectivity index (χ4n) is 2.63. The molecule has 0 radical (unpaired) electrons. The molecule has 1 heterocycles. The van der Waals surface area contributed by atoms with E-state index in [-0.39, 0.29) is 31.3 Å². The summed E-state index contributed by atoms with van der Waals surface area (Å²) in [4.78, 5) is 25.0. The molecule has 7 heteroatoms. The van der Waals surface area contributed by atoms with E-state index in [4.69, 9.17) is 9.84 Å². The van der Waals surface area contributed by atoms with Crippen molar-refractivity contribution in [3.63, 3.8) is 0 Å². The van der Waals surface area contributed by atoms with Crippen molar-refractivity contribution < 1.29 is 24.5 Å². The molecule has 1 aliphatic carbocycles. The Morgan fingerprint density at radius 1 is 1.45 bits per heavy atom. The fraction of sp³-hybridized carbons (Fsp3) is 0.846. The van der Waals surface area contributed by atoms with E-state index in [1.807, 2.05) is 6.92 Å². The number of aliphatic hydroxyl groups excluding tert-OH is 1. The minimum absolute atomic E-state index is 0.0834. The normalized spacial score (nSPS) is 28.6. The fourth-order valence-corrected chi connectivity index (χ4v) is 2.63. The smallest absolute Gasteiger partial charge is 0.317 e.